The minimum absolute atomic E-state index is 0.0852. The summed E-state index contributed by atoms with van der Waals surface area (Å²) in [5.74, 6) is 1.03. The number of ether oxygens (including phenoxy) is 1. The summed E-state index contributed by atoms with van der Waals surface area (Å²) < 4.78 is 6.09. The van der Waals surface area contributed by atoms with Crippen LogP contribution in [0, 0.1) is 0 Å². The number of carbonyl (C=O) groups is 1. The third-order valence-electron chi connectivity index (χ3n) is 5.30. The molecule has 33 heavy (non-hydrogen) atoms. The SMILES string of the molecule is CN(C)CCCNC(=O)c1cccc(-c2cccc(Oc3cc(=O)[nH]c4ccccc34)c2)c1. The van der Waals surface area contributed by atoms with Gasteiger partial charge < -0.3 is 19.9 Å². The number of pyridine rings is 1. The lowest BCUT2D eigenvalue weighted by Crippen LogP contribution is -2.27. The molecule has 0 radical (unpaired) electrons. The second-order valence-electron chi connectivity index (χ2n) is 8.17. The van der Waals surface area contributed by atoms with Crippen LogP contribution < -0.4 is 15.6 Å². The van der Waals surface area contributed by atoms with Gasteiger partial charge in [-0.25, -0.2) is 0 Å². The van der Waals surface area contributed by atoms with Crippen LogP contribution in [0.25, 0.3) is 22.0 Å². The van der Waals surface area contributed by atoms with E-state index in [1.165, 1.54) is 6.07 Å². The Morgan fingerprint density at radius 3 is 2.52 bits per heavy atom. The number of rotatable bonds is 8. The highest BCUT2D eigenvalue weighted by Gasteiger charge is 2.09. The van der Waals surface area contributed by atoms with E-state index < -0.39 is 0 Å². The molecule has 1 aromatic heterocycles. The van der Waals surface area contributed by atoms with Crippen LogP contribution in [0.3, 0.4) is 0 Å². The summed E-state index contributed by atoms with van der Waals surface area (Å²) in [7, 11) is 4.03. The average Bonchev–Trinajstić information content (AvgIpc) is 2.82. The van der Waals surface area contributed by atoms with Crippen LogP contribution in [0.1, 0.15) is 16.8 Å². The number of nitrogens with one attached hydrogen (secondary N) is 2. The van der Waals surface area contributed by atoms with Crippen molar-refractivity contribution in [2.75, 3.05) is 27.2 Å². The number of aromatic amines is 1. The summed E-state index contributed by atoms with van der Waals surface area (Å²) in [4.78, 5) is 29.5. The lowest BCUT2D eigenvalue weighted by atomic mass is 10.0. The molecule has 2 N–H and O–H groups in total. The zero-order valence-corrected chi connectivity index (χ0v) is 18.8. The van der Waals surface area contributed by atoms with E-state index in [0.717, 1.165) is 35.0 Å². The Hall–Kier alpha value is -3.90. The summed E-state index contributed by atoms with van der Waals surface area (Å²) in [6.07, 6.45) is 0.898. The Balaban J connectivity index is 1.54. The van der Waals surface area contributed by atoms with Gasteiger partial charge in [0.1, 0.15) is 11.5 Å². The Morgan fingerprint density at radius 1 is 0.939 bits per heavy atom. The Labute approximate surface area is 192 Å². The van der Waals surface area contributed by atoms with Crippen LogP contribution in [0.15, 0.2) is 83.7 Å². The molecule has 168 valence electrons. The highest BCUT2D eigenvalue weighted by Crippen LogP contribution is 2.30. The predicted octanol–water partition coefficient (Wildman–Crippen LogP) is 4.67. The first-order chi connectivity index (χ1) is 16.0. The maximum Gasteiger partial charge on any atom is 0.252 e. The Kier molecular flexibility index (Phi) is 6.86. The van der Waals surface area contributed by atoms with E-state index in [2.05, 4.69) is 15.2 Å². The lowest BCUT2D eigenvalue weighted by molar-refractivity contribution is 0.0952. The van der Waals surface area contributed by atoms with Gasteiger partial charge in [-0.15, -0.1) is 0 Å². The largest absolute Gasteiger partial charge is 0.456 e. The quantitative estimate of drug-likeness (QED) is 0.390. The first-order valence-corrected chi connectivity index (χ1v) is 10.9. The summed E-state index contributed by atoms with van der Waals surface area (Å²) in [5, 5.41) is 3.81. The van der Waals surface area contributed by atoms with Gasteiger partial charge in [0.25, 0.3) is 11.5 Å². The molecule has 0 aliphatic rings. The number of H-pyrrole nitrogens is 1. The number of aromatic nitrogens is 1. The molecule has 3 aromatic carbocycles. The third-order valence-corrected chi connectivity index (χ3v) is 5.30. The van der Waals surface area contributed by atoms with Gasteiger partial charge in [0.15, 0.2) is 0 Å². The summed E-state index contributed by atoms with van der Waals surface area (Å²) in [5.41, 5.74) is 2.95. The van der Waals surface area contributed by atoms with Crippen molar-refractivity contribution in [2.24, 2.45) is 0 Å². The molecular formula is C27H27N3O3. The molecule has 0 saturated heterocycles. The second-order valence-corrected chi connectivity index (χ2v) is 8.17. The van der Waals surface area contributed by atoms with Crippen molar-refractivity contribution in [3.63, 3.8) is 0 Å². The van der Waals surface area contributed by atoms with Crippen molar-refractivity contribution >= 4 is 16.8 Å². The van der Waals surface area contributed by atoms with Crippen LogP contribution in [-0.2, 0) is 0 Å². The zero-order chi connectivity index (χ0) is 23.2. The van der Waals surface area contributed by atoms with Crippen LogP contribution in [0.5, 0.6) is 11.5 Å². The minimum atomic E-state index is -0.218. The van der Waals surface area contributed by atoms with Crippen molar-refractivity contribution in [1.82, 2.24) is 15.2 Å². The summed E-state index contributed by atoms with van der Waals surface area (Å²) in [6, 6.07) is 24.1. The molecule has 1 heterocycles. The highest BCUT2D eigenvalue weighted by atomic mass is 16.5. The smallest absolute Gasteiger partial charge is 0.252 e. The molecule has 1 amide bonds. The van der Waals surface area contributed by atoms with Gasteiger partial charge in [0, 0.05) is 23.6 Å². The third kappa shape index (κ3) is 5.67. The van der Waals surface area contributed by atoms with E-state index in [9.17, 15) is 9.59 Å². The minimum Gasteiger partial charge on any atom is -0.456 e. The molecule has 0 spiro atoms. The standard InChI is InChI=1S/C27H27N3O3/c1-30(2)15-7-14-28-27(32)21-10-5-8-19(16-21)20-9-6-11-22(17-20)33-25-18-26(31)29-24-13-4-3-12-23(24)25/h3-6,8-13,16-18H,7,14-15H2,1-2H3,(H,28,32)(H,29,31). The van der Waals surface area contributed by atoms with Crippen LogP contribution in [-0.4, -0.2) is 43.0 Å². The van der Waals surface area contributed by atoms with Crippen LogP contribution in [0.4, 0.5) is 0 Å². The van der Waals surface area contributed by atoms with Gasteiger partial charge in [-0.05, 0) is 74.6 Å². The number of carbonyl (C=O) groups excluding carboxylic acids is 1. The predicted molar refractivity (Wildman–Crippen MR) is 132 cm³/mol. The van der Waals surface area contributed by atoms with Crippen molar-refractivity contribution < 1.29 is 9.53 Å². The normalized spacial score (nSPS) is 11.0. The molecule has 4 aromatic rings. The number of hydrogen-bond donors (Lipinski definition) is 2. The Morgan fingerprint density at radius 2 is 1.70 bits per heavy atom. The van der Waals surface area contributed by atoms with Crippen molar-refractivity contribution in [3.05, 3.63) is 94.8 Å². The van der Waals surface area contributed by atoms with Gasteiger partial charge >= 0.3 is 0 Å². The maximum absolute atomic E-state index is 12.6. The maximum atomic E-state index is 12.6. The van der Waals surface area contributed by atoms with E-state index in [1.54, 1.807) is 0 Å². The molecule has 0 saturated carbocycles. The lowest BCUT2D eigenvalue weighted by Gasteiger charge is -2.11. The molecule has 4 rings (SSSR count). The molecule has 0 aliphatic carbocycles. The Bertz CT molecular complexity index is 1330. The number of hydrogen-bond acceptors (Lipinski definition) is 4. The van der Waals surface area contributed by atoms with E-state index in [1.807, 2.05) is 86.9 Å². The van der Waals surface area contributed by atoms with Gasteiger partial charge in [-0.3, -0.25) is 9.59 Å². The molecular weight excluding hydrogens is 414 g/mol. The van der Waals surface area contributed by atoms with Crippen LogP contribution >= 0.6 is 0 Å². The van der Waals surface area contributed by atoms with E-state index in [4.69, 9.17) is 4.74 Å². The fourth-order valence-electron chi connectivity index (χ4n) is 3.66. The molecule has 0 fully saturated rings. The van der Waals surface area contributed by atoms with Crippen molar-refractivity contribution in [2.45, 2.75) is 6.42 Å². The van der Waals surface area contributed by atoms with E-state index in [-0.39, 0.29) is 11.5 Å². The van der Waals surface area contributed by atoms with E-state index in [0.29, 0.717) is 23.6 Å². The average molecular weight is 442 g/mol. The van der Waals surface area contributed by atoms with Crippen molar-refractivity contribution in [1.29, 1.82) is 0 Å². The number of nitrogens with zero attached hydrogens (tertiary/aromatic N) is 1. The molecule has 6 heteroatoms. The topological polar surface area (TPSA) is 74.4 Å². The van der Waals surface area contributed by atoms with Gasteiger partial charge in [0.05, 0.1) is 5.52 Å². The van der Waals surface area contributed by atoms with E-state index >= 15 is 0 Å². The van der Waals surface area contributed by atoms with Gasteiger partial charge in [-0.2, -0.15) is 0 Å². The summed E-state index contributed by atoms with van der Waals surface area (Å²) >= 11 is 0. The van der Waals surface area contributed by atoms with Crippen LogP contribution in [0.2, 0.25) is 0 Å². The monoisotopic (exact) mass is 441 g/mol. The number of fused-ring (bicyclic) bond motifs is 1. The first-order valence-electron chi connectivity index (χ1n) is 10.9. The zero-order valence-electron chi connectivity index (χ0n) is 18.8. The molecule has 0 aliphatic heterocycles. The number of para-hydroxylation sites is 1. The van der Waals surface area contributed by atoms with Crippen molar-refractivity contribution in [3.8, 4) is 22.6 Å². The summed E-state index contributed by atoms with van der Waals surface area (Å²) in [6.45, 7) is 1.56. The molecule has 0 atom stereocenters. The number of benzene rings is 3. The van der Waals surface area contributed by atoms with Gasteiger partial charge in [-0.1, -0.05) is 36.4 Å². The first kappa shape index (κ1) is 22.3. The fourth-order valence-corrected chi connectivity index (χ4v) is 3.66. The molecule has 0 bridgehead atoms. The fraction of sp³-hybridized carbons (Fsp3) is 0.185. The highest BCUT2D eigenvalue weighted by molar-refractivity contribution is 5.95. The van der Waals surface area contributed by atoms with Gasteiger partial charge in [0.2, 0.25) is 0 Å². The molecule has 6 nitrogen and oxygen atoms in total. The molecule has 0 unspecified atom stereocenters. The number of amides is 1. The second kappa shape index (κ2) is 10.1.